The van der Waals surface area contributed by atoms with E-state index < -0.39 is 10.0 Å². The minimum absolute atomic E-state index is 0. The number of hydrogen-bond acceptors (Lipinski definition) is 4. The predicted molar refractivity (Wildman–Crippen MR) is 65.2 cm³/mol. The summed E-state index contributed by atoms with van der Waals surface area (Å²) in [5.74, 6) is 0. The standard InChI is InChI=1S/C8H7N3O2S.2Na.2H/c9-14(12,13)6-1-2-7-8(5-6)11-4-3-10-7;;;;/h1-5H,(H2,9,12,13);;;;. The molecule has 2 aromatic rings. The van der Waals surface area contributed by atoms with Crippen LogP contribution in [0.1, 0.15) is 0 Å². The van der Waals surface area contributed by atoms with Crippen molar-refractivity contribution in [1.29, 1.82) is 0 Å². The van der Waals surface area contributed by atoms with Gasteiger partial charge in [0.05, 0.1) is 15.9 Å². The van der Waals surface area contributed by atoms with Crippen molar-refractivity contribution in [1.82, 2.24) is 9.97 Å². The Kier molecular flexibility index (Phi) is 6.60. The summed E-state index contributed by atoms with van der Waals surface area (Å²) in [6.07, 6.45) is 3.04. The van der Waals surface area contributed by atoms with E-state index in [1.165, 1.54) is 18.3 Å². The summed E-state index contributed by atoms with van der Waals surface area (Å²) in [6.45, 7) is 0. The maximum absolute atomic E-state index is 11.0. The van der Waals surface area contributed by atoms with Crippen LogP contribution in [0, 0.1) is 0 Å². The van der Waals surface area contributed by atoms with E-state index in [0.717, 1.165) is 0 Å². The Morgan fingerprint density at radius 2 is 1.56 bits per heavy atom. The molecule has 1 aromatic carbocycles. The van der Waals surface area contributed by atoms with Gasteiger partial charge in [0, 0.05) is 12.4 Å². The molecule has 1 aromatic heterocycles. The van der Waals surface area contributed by atoms with E-state index in [2.05, 4.69) is 9.97 Å². The molecule has 2 rings (SSSR count). The van der Waals surface area contributed by atoms with Crippen LogP contribution in [0.5, 0.6) is 0 Å². The topological polar surface area (TPSA) is 85.9 Å². The molecule has 0 aliphatic heterocycles. The quantitative estimate of drug-likeness (QED) is 0.662. The van der Waals surface area contributed by atoms with Crippen LogP contribution >= 0.6 is 0 Å². The number of aromatic nitrogens is 2. The first-order valence-corrected chi connectivity index (χ1v) is 5.35. The fraction of sp³-hybridized carbons (Fsp3) is 0. The second-order valence-corrected chi connectivity index (χ2v) is 4.31. The average Bonchev–Trinajstić information content (AvgIpc) is 2.16. The number of nitrogens with zero attached hydrogens (tertiary/aromatic N) is 2. The zero-order valence-electron chi connectivity index (χ0n) is 7.08. The molecule has 0 saturated carbocycles. The van der Waals surface area contributed by atoms with Crippen LogP contribution in [-0.2, 0) is 10.0 Å². The van der Waals surface area contributed by atoms with Gasteiger partial charge in [0.25, 0.3) is 0 Å². The van der Waals surface area contributed by atoms with Crippen LogP contribution < -0.4 is 5.14 Å². The van der Waals surface area contributed by atoms with E-state index in [0.29, 0.717) is 11.0 Å². The SMILES string of the molecule is NS(=O)(=O)c1ccc2nccnc2c1.[NaH].[NaH]. The van der Waals surface area contributed by atoms with E-state index in [9.17, 15) is 8.42 Å². The fourth-order valence-corrected chi connectivity index (χ4v) is 1.65. The Labute approximate surface area is 137 Å². The van der Waals surface area contributed by atoms with Crippen molar-refractivity contribution in [2.24, 2.45) is 5.14 Å². The van der Waals surface area contributed by atoms with Crippen molar-refractivity contribution in [2.75, 3.05) is 0 Å². The van der Waals surface area contributed by atoms with Crippen LogP contribution in [0.4, 0.5) is 0 Å². The number of nitrogens with two attached hydrogens (primary N) is 1. The molecule has 0 amide bonds. The second kappa shape index (κ2) is 6.42. The molecule has 0 fully saturated rings. The first-order valence-electron chi connectivity index (χ1n) is 3.81. The molecule has 0 aliphatic carbocycles. The molecule has 16 heavy (non-hydrogen) atoms. The summed E-state index contributed by atoms with van der Waals surface area (Å²) in [4.78, 5) is 8.03. The molecule has 0 saturated heterocycles. The van der Waals surface area contributed by atoms with Crippen molar-refractivity contribution in [3.8, 4) is 0 Å². The zero-order chi connectivity index (χ0) is 10.2. The number of primary sulfonamides is 1. The molecule has 8 heteroatoms. The van der Waals surface area contributed by atoms with Gasteiger partial charge in [-0.3, -0.25) is 9.97 Å². The molecule has 0 radical (unpaired) electrons. The van der Waals surface area contributed by atoms with Gasteiger partial charge >= 0.3 is 59.1 Å². The Morgan fingerprint density at radius 1 is 1.00 bits per heavy atom. The first kappa shape index (κ1) is 16.5. The molecular weight excluding hydrogens is 248 g/mol. The van der Waals surface area contributed by atoms with Crippen molar-refractivity contribution < 1.29 is 8.42 Å². The van der Waals surface area contributed by atoms with Gasteiger partial charge in [-0.15, -0.1) is 0 Å². The third-order valence-electron chi connectivity index (χ3n) is 1.77. The molecule has 0 atom stereocenters. The molecule has 0 spiro atoms. The summed E-state index contributed by atoms with van der Waals surface area (Å²) in [7, 11) is -3.66. The molecule has 1 heterocycles. The Hall–Kier alpha value is 0.470. The van der Waals surface area contributed by atoms with Gasteiger partial charge in [-0.05, 0) is 18.2 Å². The Bertz CT molecular complexity index is 589. The Morgan fingerprint density at radius 3 is 2.12 bits per heavy atom. The summed E-state index contributed by atoms with van der Waals surface area (Å²) in [5.41, 5.74) is 1.15. The van der Waals surface area contributed by atoms with Crippen LogP contribution in [0.15, 0.2) is 35.5 Å². The van der Waals surface area contributed by atoms with Crippen molar-refractivity contribution in [3.63, 3.8) is 0 Å². The van der Waals surface area contributed by atoms with E-state index >= 15 is 0 Å². The van der Waals surface area contributed by atoms with Gasteiger partial charge in [-0.1, -0.05) is 0 Å². The summed E-state index contributed by atoms with van der Waals surface area (Å²) in [6, 6.07) is 4.38. The second-order valence-electron chi connectivity index (χ2n) is 2.75. The number of hydrogen-bond donors (Lipinski definition) is 1. The molecule has 5 nitrogen and oxygen atoms in total. The van der Waals surface area contributed by atoms with Crippen LogP contribution in [-0.4, -0.2) is 77.5 Å². The van der Waals surface area contributed by atoms with Gasteiger partial charge in [-0.2, -0.15) is 0 Å². The third kappa shape index (κ3) is 3.75. The minimum atomic E-state index is -3.66. The Balaban J connectivity index is 0.00000112. The van der Waals surface area contributed by atoms with Gasteiger partial charge in [0.1, 0.15) is 0 Å². The van der Waals surface area contributed by atoms with Gasteiger partial charge in [0.2, 0.25) is 10.0 Å². The van der Waals surface area contributed by atoms with Crippen molar-refractivity contribution in [3.05, 3.63) is 30.6 Å². The zero-order valence-corrected chi connectivity index (χ0v) is 7.90. The summed E-state index contributed by atoms with van der Waals surface area (Å²) in [5, 5.41) is 4.97. The summed E-state index contributed by atoms with van der Waals surface area (Å²) < 4.78 is 22.0. The van der Waals surface area contributed by atoms with Crippen molar-refractivity contribution in [2.45, 2.75) is 4.90 Å². The predicted octanol–water partition coefficient (Wildman–Crippen LogP) is -1.02. The van der Waals surface area contributed by atoms with E-state index in [1.54, 1.807) is 12.3 Å². The fourth-order valence-electron chi connectivity index (χ4n) is 1.12. The first-order chi connectivity index (χ1) is 6.57. The summed E-state index contributed by atoms with van der Waals surface area (Å²) >= 11 is 0. The van der Waals surface area contributed by atoms with Crippen LogP contribution in [0.3, 0.4) is 0 Å². The molecule has 76 valence electrons. The average molecular weight is 257 g/mol. The molecule has 0 aliphatic rings. The molecule has 2 N–H and O–H groups in total. The van der Waals surface area contributed by atoms with Crippen LogP contribution in [0.2, 0.25) is 0 Å². The van der Waals surface area contributed by atoms with Crippen LogP contribution in [0.25, 0.3) is 11.0 Å². The number of fused-ring (bicyclic) bond motifs is 1. The molecule has 0 bridgehead atoms. The monoisotopic (exact) mass is 257 g/mol. The van der Waals surface area contributed by atoms with E-state index in [-0.39, 0.29) is 64.0 Å². The molecular formula is C8H9N3Na2O2S. The normalized spacial score (nSPS) is 10.3. The number of benzene rings is 1. The number of sulfonamides is 1. The van der Waals surface area contributed by atoms with Crippen molar-refractivity contribution >= 4 is 80.2 Å². The maximum atomic E-state index is 11.0. The third-order valence-corrected chi connectivity index (χ3v) is 2.68. The van der Waals surface area contributed by atoms with Gasteiger partial charge in [-0.25, -0.2) is 13.6 Å². The van der Waals surface area contributed by atoms with E-state index in [4.69, 9.17) is 5.14 Å². The van der Waals surface area contributed by atoms with Gasteiger partial charge < -0.3 is 0 Å². The number of rotatable bonds is 1. The van der Waals surface area contributed by atoms with Gasteiger partial charge in [0.15, 0.2) is 0 Å². The molecule has 0 unspecified atom stereocenters. The van der Waals surface area contributed by atoms with E-state index in [1.807, 2.05) is 0 Å².